The minimum Gasteiger partial charge on any atom is -0.410 e. The van der Waals surface area contributed by atoms with Crippen molar-refractivity contribution < 1.29 is 9.53 Å². The van der Waals surface area contributed by atoms with Gasteiger partial charge in [0, 0.05) is 12.7 Å². The predicted octanol–water partition coefficient (Wildman–Crippen LogP) is 5.83. The van der Waals surface area contributed by atoms with E-state index in [0.29, 0.717) is 24.1 Å². The standard InChI is InChI=1S/C25H24N4O2/c1-3-29(25(30)31-22-14-13-20-11-7-8-12-21(20)17-22)23-15-16-26-24(28-23)27-18(2)19-9-5-4-6-10-19/h4-18H,3H2,1-2H3,(H,26,27,28)/t18-/m0/s1. The van der Waals surface area contributed by atoms with Gasteiger partial charge in [-0.05, 0) is 48.4 Å². The lowest BCUT2D eigenvalue weighted by Gasteiger charge is -2.20. The van der Waals surface area contributed by atoms with E-state index in [1.54, 1.807) is 18.3 Å². The summed E-state index contributed by atoms with van der Waals surface area (Å²) in [6.45, 7) is 4.33. The number of benzene rings is 3. The molecule has 1 heterocycles. The normalized spacial score (nSPS) is 11.7. The maximum atomic E-state index is 12.9. The number of amides is 1. The Hall–Kier alpha value is -3.93. The second-order valence-electron chi connectivity index (χ2n) is 7.14. The van der Waals surface area contributed by atoms with Crippen molar-refractivity contribution in [3.05, 3.63) is 90.6 Å². The Bertz CT molecular complexity index is 1180. The summed E-state index contributed by atoms with van der Waals surface area (Å²) in [5, 5.41) is 5.39. The zero-order valence-corrected chi connectivity index (χ0v) is 17.5. The van der Waals surface area contributed by atoms with E-state index in [1.807, 2.05) is 80.6 Å². The van der Waals surface area contributed by atoms with Gasteiger partial charge in [0.2, 0.25) is 5.95 Å². The molecule has 0 radical (unpaired) electrons. The van der Waals surface area contributed by atoms with Crippen molar-refractivity contribution in [2.45, 2.75) is 19.9 Å². The Morgan fingerprint density at radius 1 is 1.00 bits per heavy atom. The van der Waals surface area contributed by atoms with Gasteiger partial charge < -0.3 is 10.1 Å². The first-order chi connectivity index (χ1) is 15.1. The van der Waals surface area contributed by atoms with E-state index in [0.717, 1.165) is 16.3 Å². The summed E-state index contributed by atoms with van der Waals surface area (Å²) >= 11 is 0. The first kappa shape index (κ1) is 20.3. The van der Waals surface area contributed by atoms with Crippen molar-refractivity contribution in [2.75, 3.05) is 16.8 Å². The fraction of sp³-hybridized carbons (Fsp3) is 0.160. The number of nitrogens with zero attached hydrogens (tertiary/aromatic N) is 3. The van der Waals surface area contributed by atoms with Crippen LogP contribution in [-0.4, -0.2) is 22.6 Å². The number of rotatable bonds is 6. The lowest BCUT2D eigenvalue weighted by molar-refractivity contribution is 0.208. The van der Waals surface area contributed by atoms with Gasteiger partial charge in [0.05, 0.1) is 6.04 Å². The van der Waals surface area contributed by atoms with Gasteiger partial charge in [0.25, 0.3) is 0 Å². The number of hydrogen-bond donors (Lipinski definition) is 1. The van der Waals surface area contributed by atoms with E-state index in [-0.39, 0.29) is 6.04 Å². The molecule has 0 saturated carbocycles. The van der Waals surface area contributed by atoms with Gasteiger partial charge in [-0.15, -0.1) is 0 Å². The third kappa shape index (κ3) is 4.80. The lowest BCUT2D eigenvalue weighted by atomic mass is 10.1. The topological polar surface area (TPSA) is 67.4 Å². The molecule has 0 aliphatic heterocycles. The van der Waals surface area contributed by atoms with Crippen molar-refractivity contribution in [3.8, 4) is 5.75 Å². The Morgan fingerprint density at radius 2 is 1.74 bits per heavy atom. The zero-order chi connectivity index (χ0) is 21.6. The van der Waals surface area contributed by atoms with Crippen LogP contribution in [0.1, 0.15) is 25.5 Å². The van der Waals surface area contributed by atoms with Crippen LogP contribution >= 0.6 is 0 Å². The van der Waals surface area contributed by atoms with Gasteiger partial charge in [-0.3, -0.25) is 4.90 Å². The van der Waals surface area contributed by atoms with Crippen molar-refractivity contribution in [1.29, 1.82) is 0 Å². The van der Waals surface area contributed by atoms with Crippen LogP contribution in [0.25, 0.3) is 10.8 Å². The average molecular weight is 412 g/mol. The second-order valence-corrected chi connectivity index (χ2v) is 7.14. The molecule has 0 spiro atoms. The van der Waals surface area contributed by atoms with Crippen molar-refractivity contribution >= 4 is 28.6 Å². The largest absolute Gasteiger partial charge is 0.420 e. The van der Waals surface area contributed by atoms with Gasteiger partial charge in [-0.2, -0.15) is 4.98 Å². The smallest absolute Gasteiger partial charge is 0.410 e. The number of carbonyl (C=O) groups is 1. The highest BCUT2D eigenvalue weighted by Crippen LogP contribution is 2.23. The van der Waals surface area contributed by atoms with Crippen LogP contribution in [-0.2, 0) is 0 Å². The number of aromatic nitrogens is 2. The van der Waals surface area contributed by atoms with Crippen LogP contribution in [0.5, 0.6) is 5.75 Å². The third-order valence-corrected chi connectivity index (χ3v) is 5.03. The zero-order valence-electron chi connectivity index (χ0n) is 17.5. The van der Waals surface area contributed by atoms with Crippen LogP contribution < -0.4 is 15.0 Å². The van der Waals surface area contributed by atoms with Crippen molar-refractivity contribution in [1.82, 2.24) is 9.97 Å². The average Bonchev–Trinajstić information content (AvgIpc) is 2.80. The molecule has 6 nitrogen and oxygen atoms in total. The third-order valence-electron chi connectivity index (χ3n) is 5.03. The van der Waals surface area contributed by atoms with Crippen LogP contribution in [0.3, 0.4) is 0 Å². The summed E-state index contributed by atoms with van der Waals surface area (Å²) in [6.07, 6.45) is 1.15. The molecule has 1 atom stereocenters. The fourth-order valence-electron chi connectivity index (χ4n) is 3.36. The molecule has 0 bridgehead atoms. The summed E-state index contributed by atoms with van der Waals surface area (Å²) in [4.78, 5) is 23.2. The second kappa shape index (κ2) is 9.26. The van der Waals surface area contributed by atoms with E-state index in [9.17, 15) is 4.79 Å². The number of nitrogens with one attached hydrogen (secondary N) is 1. The summed E-state index contributed by atoms with van der Waals surface area (Å²) < 4.78 is 5.63. The maximum absolute atomic E-state index is 12.9. The SMILES string of the molecule is CCN(C(=O)Oc1ccc2ccccc2c1)c1ccnc(N[C@@H](C)c2ccccc2)n1. The Balaban J connectivity index is 1.50. The quantitative estimate of drug-likeness (QED) is 0.432. The van der Waals surface area contributed by atoms with E-state index in [1.165, 1.54) is 4.90 Å². The van der Waals surface area contributed by atoms with E-state index < -0.39 is 6.09 Å². The molecule has 156 valence electrons. The molecule has 3 aromatic carbocycles. The van der Waals surface area contributed by atoms with Crippen molar-refractivity contribution in [2.24, 2.45) is 0 Å². The Kier molecular flexibility index (Phi) is 6.08. The van der Waals surface area contributed by atoms with Gasteiger partial charge in [0.1, 0.15) is 11.6 Å². The minimum atomic E-state index is -0.487. The van der Waals surface area contributed by atoms with E-state index in [2.05, 4.69) is 15.3 Å². The van der Waals surface area contributed by atoms with E-state index in [4.69, 9.17) is 4.74 Å². The molecule has 0 aliphatic carbocycles. The molecule has 4 rings (SSSR count). The number of hydrogen-bond acceptors (Lipinski definition) is 5. The Labute approximate surface area is 181 Å². The summed E-state index contributed by atoms with van der Waals surface area (Å²) in [5.74, 6) is 1.42. The summed E-state index contributed by atoms with van der Waals surface area (Å²) in [5.41, 5.74) is 1.12. The number of ether oxygens (including phenoxy) is 1. The van der Waals surface area contributed by atoms with Gasteiger partial charge in [-0.1, -0.05) is 60.7 Å². The highest BCUT2D eigenvalue weighted by molar-refractivity contribution is 5.89. The molecule has 0 unspecified atom stereocenters. The minimum absolute atomic E-state index is 0.0241. The first-order valence-electron chi connectivity index (χ1n) is 10.3. The van der Waals surface area contributed by atoms with Crippen molar-refractivity contribution in [3.63, 3.8) is 0 Å². The molecular formula is C25H24N4O2. The van der Waals surface area contributed by atoms with Crippen LogP contribution in [0.4, 0.5) is 16.6 Å². The summed E-state index contributed by atoms with van der Waals surface area (Å²) in [6, 6.07) is 25.3. The number of carbonyl (C=O) groups excluding carboxylic acids is 1. The van der Waals surface area contributed by atoms with Gasteiger partial charge in [-0.25, -0.2) is 9.78 Å². The molecule has 1 aromatic heterocycles. The molecule has 1 N–H and O–H groups in total. The fourth-order valence-corrected chi connectivity index (χ4v) is 3.36. The number of anilines is 2. The van der Waals surface area contributed by atoms with E-state index >= 15 is 0 Å². The van der Waals surface area contributed by atoms with Crippen LogP contribution in [0.15, 0.2) is 85.1 Å². The lowest BCUT2D eigenvalue weighted by Crippen LogP contribution is -2.34. The number of fused-ring (bicyclic) bond motifs is 1. The molecule has 6 heteroatoms. The Morgan fingerprint density at radius 3 is 2.52 bits per heavy atom. The molecule has 0 fully saturated rings. The maximum Gasteiger partial charge on any atom is 0.420 e. The molecular weight excluding hydrogens is 388 g/mol. The monoisotopic (exact) mass is 412 g/mol. The van der Waals surface area contributed by atoms with Crippen LogP contribution in [0.2, 0.25) is 0 Å². The molecule has 1 amide bonds. The van der Waals surface area contributed by atoms with Gasteiger partial charge in [0.15, 0.2) is 0 Å². The molecule has 4 aromatic rings. The molecule has 31 heavy (non-hydrogen) atoms. The van der Waals surface area contributed by atoms with Gasteiger partial charge >= 0.3 is 6.09 Å². The molecule has 0 aliphatic rings. The first-order valence-corrected chi connectivity index (χ1v) is 10.3. The molecule has 0 saturated heterocycles. The summed E-state index contributed by atoms with van der Waals surface area (Å²) in [7, 11) is 0. The van der Waals surface area contributed by atoms with Crippen LogP contribution in [0, 0.1) is 0 Å². The highest BCUT2D eigenvalue weighted by atomic mass is 16.6. The predicted molar refractivity (Wildman–Crippen MR) is 124 cm³/mol. The highest BCUT2D eigenvalue weighted by Gasteiger charge is 2.19.